The summed E-state index contributed by atoms with van der Waals surface area (Å²) in [4.78, 5) is 24.2. The maximum absolute atomic E-state index is 12.5. The van der Waals surface area contributed by atoms with E-state index in [2.05, 4.69) is 15.0 Å². The molecular formula is C18H20N4O3. The Balaban J connectivity index is 1.76. The molecule has 0 saturated heterocycles. The van der Waals surface area contributed by atoms with Gasteiger partial charge in [-0.1, -0.05) is 12.1 Å². The zero-order valence-electron chi connectivity index (χ0n) is 14.0. The number of ether oxygens (including phenoxy) is 1. The van der Waals surface area contributed by atoms with Crippen LogP contribution < -0.4 is 5.69 Å². The van der Waals surface area contributed by atoms with Gasteiger partial charge in [-0.2, -0.15) is 0 Å². The molecule has 1 fully saturated rings. The van der Waals surface area contributed by atoms with E-state index in [0.717, 1.165) is 25.7 Å². The van der Waals surface area contributed by atoms with Crippen LogP contribution in [0.1, 0.15) is 31.7 Å². The summed E-state index contributed by atoms with van der Waals surface area (Å²) in [5, 5.41) is 9.67. The van der Waals surface area contributed by atoms with E-state index in [0.29, 0.717) is 22.6 Å². The Bertz CT molecular complexity index is 954. The Morgan fingerprint density at radius 2 is 2.08 bits per heavy atom. The van der Waals surface area contributed by atoms with Crippen molar-refractivity contribution >= 4 is 11.2 Å². The number of hydrogen-bond acceptors (Lipinski definition) is 5. The molecule has 0 bridgehead atoms. The highest BCUT2D eigenvalue weighted by Gasteiger charge is 2.25. The number of imidazole rings is 1. The summed E-state index contributed by atoms with van der Waals surface area (Å²) in [6, 6.07) is 6.90. The Morgan fingerprint density at radius 1 is 1.28 bits per heavy atom. The fourth-order valence-electron chi connectivity index (χ4n) is 3.58. The first kappa shape index (κ1) is 15.8. The van der Waals surface area contributed by atoms with Crippen molar-refractivity contribution in [3.63, 3.8) is 0 Å². The first-order valence-electron chi connectivity index (χ1n) is 8.45. The van der Waals surface area contributed by atoms with Gasteiger partial charge in [-0.25, -0.2) is 14.8 Å². The van der Waals surface area contributed by atoms with Crippen LogP contribution in [-0.2, 0) is 4.74 Å². The zero-order valence-corrected chi connectivity index (χ0v) is 14.0. The Morgan fingerprint density at radius 3 is 2.80 bits per heavy atom. The number of aromatic nitrogens is 4. The van der Waals surface area contributed by atoms with Crippen molar-refractivity contribution in [1.82, 2.24) is 19.5 Å². The molecule has 7 heteroatoms. The van der Waals surface area contributed by atoms with Crippen LogP contribution in [-0.4, -0.2) is 37.8 Å². The van der Waals surface area contributed by atoms with Crippen LogP contribution in [0.2, 0.25) is 0 Å². The molecule has 0 spiro atoms. The lowest BCUT2D eigenvalue weighted by Crippen LogP contribution is -2.28. The molecule has 7 nitrogen and oxygen atoms in total. The molecule has 2 heterocycles. The van der Waals surface area contributed by atoms with Crippen molar-refractivity contribution < 1.29 is 9.84 Å². The van der Waals surface area contributed by atoms with Crippen LogP contribution in [0.3, 0.4) is 0 Å². The maximum atomic E-state index is 12.5. The fourth-order valence-corrected chi connectivity index (χ4v) is 3.58. The molecular weight excluding hydrogens is 320 g/mol. The van der Waals surface area contributed by atoms with Gasteiger partial charge in [-0.3, -0.25) is 4.57 Å². The number of fused-ring (bicyclic) bond motifs is 1. The Labute approximate surface area is 144 Å². The third-order valence-corrected chi connectivity index (χ3v) is 4.90. The highest BCUT2D eigenvalue weighted by atomic mass is 16.5. The van der Waals surface area contributed by atoms with E-state index in [-0.39, 0.29) is 23.6 Å². The first-order chi connectivity index (χ1) is 12.2. The molecule has 0 atom stereocenters. The van der Waals surface area contributed by atoms with Gasteiger partial charge in [0.05, 0.1) is 12.3 Å². The van der Waals surface area contributed by atoms with Gasteiger partial charge in [0.1, 0.15) is 11.3 Å². The summed E-state index contributed by atoms with van der Waals surface area (Å²) in [6.45, 7) is 0. The summed E-state index contributed by atoms with van der Waals surface area (Å²) >= 11 is 0. The van der Waals surface area contributed by atoms with Crippen molar-refractivity contribution in [2.75, 3.05) is 7.11 Å². The minimum Gasteiger partial charge on any atom is -0.508 e. The average Bonchev–Trinajstić information content (AvgIpc) is 2.96. The van der Waals surface area contributed by atoms with E-state index in [9.17, 15) is 9.90 Å². The third kappa shape index (κ3) is 2.91. The summed E-state index contributed by atoms with van der Waals surface area (Å²) in [5.41, 5.74) is 1.80. The van der Waals surface area contributed by atoms with E-state index in [1.807, 2.05) is 6.07 Å². The van der Waals surface area contributed by atoms with Crippen LogP contribution in [0.5, 0.6) is 5.75 Å². The predicted molar refractivity (Wildman–Crippen MR) is 93.6 cm³/mol. The lowest BCUT2D eigenvalue weighted by molar-refractivity contribution is 0.0585. The number of phenolic OH excluding ortho intramolecular Hbond substituents is 1. The van der Waals surface area contributed by atoms with Crippen LogP contribution >= 0.6 is 0 Å². The SMILES string of the molecule is COC1CCC(n2c(=O)[nH]c3cnc(-c4cccc(O)c4)nc32)CC1. The number of benzene rings is 1. The molecule has 1 aliphatic rings. The second kappa shape index (κ2) is 6.33. The summed E-state index contributed by atoms with van der Waals surface area (Å²) in [6.07, 6.45) is 5.54. The van der Waals surface area contributed by atoms with Gasteiger partial charge >= 0.3 is 5.69 Å². The molecule has 0 amide bonds. The van der Waals surface area contributed by atoms with Gasteiger partial charge in [0.2, 0.25) is 0 Å². The number of H-pyrrole nitrogens is 1. The summed E-state index contributed by atoms with van der Waals surface area (Å²) in [5.74, 6) is 0.646. The van der Waals surface area contributed by atoms with Gasteiger partial charge < -0.3 is 14.8 Å². The molecule has 0 radical (unpaired) electrons. The molecule has 1 saturated carbocycles. The van der Waals surface area contributed by atoms with Gasteiger partial charge in [0.15, 0.2) is 11.5 Å². The largest absolute Gasteiger partial charge is 0.508 e. The minimum atomic E-state index is -0.154. The van der Waals surface area contributed by atoms with Crippen molar-refractivity contribution in [3.05, 3.63) is 40.9 Å². The number of phenols is 1. The molecule has 3 aromatic rings. The lowest BCUT2D eigenvalue weighted by atomic mass is 9.93. The zero-order chi connectivity index (χ0) is 17.4. The van der Waals surface area contributed by atoms with E-state index in [1.54, 1.807) is 36.1 Å². The number of hydrogen-bond donors (Lipinski definition) is 2. The average molecular weight is 340 g/mol. The number of methoxy groups -OCH3 is 1. The Kier molecular flexibility index (Phi) is 4.01. The second-order valence-electron chi connectivity index (χ2n) is 6.45. The summed E-state index contributed by atoms with van der Waals surface area (Å²) < 4.78 is 7.16. The van der Waals surface area contributed by atoms with Crippen LogP contribution in [0, 0.1) is 0 Å². The van der Waals surface area contributed by atoms with Gasteiger partial charge in [-0.05, 0) is 37.8 Å². The van der Waals surface area contributed by atoms with Crippen molar-refractivity contribution in [3.8, 4) is 17.1 Å². The van der Waals surface area contributed by atoms with E-state index < -0.39 is 0 Å². The topological polar surface area (TPSA) is 93.0 Å². The minimum absolute atomic E-state index is 0.111. The molecule has 130 valence electrons. The van der Waals surface area contributed by atoms with E-state index >= 15 is 0 Å². The van der Waals surface area contributed by atoms with Crippen LogP contribution in [0.15, 0.2) is 35.3 Å². The lowest BCUT2D eigenvalue weighted by Gasteiger charge is -2.28. The van der Waals surface area contributed by atoms with Crippen molar-refractivity contribution in [2.24, 2.45) is 0 Å². The van der Waals surface area contributed by atoms with Gasteiger partial charge in [0.25, 0.3) is 0 Å². The monoisotopic (exact) mass is 340 g/mol. The smallest absolute Gasteiger partial charge is 0.327 e. The van der Waals surface area contributed by atoms with Gasteiger partial charge in [-0.15, -0.1) is 0 Å². The molecule has 0 aliphatic heterocycles. The number of aromatic hydroxyl groups is 1. The van der Waals surface area contributed by atoms with E-state index in [1.165, 1.54) is 0 Å². The maximum Gasteiger partial charge on any atom is 0.327 e. The van der Waals surface area contributed by atoms with Gasteiger partial charge in [0, 0.05) is 18.7 Å². The van der Waals surface area contributed by atoms with Crippen LogP contribution in [0.4, 0.5) is 0 Å². The number of aromatic amines is 1. The fraction of sp³-hybridized carbons (Fsp3) is 0.389. The molecule has 4 rings (SSSR count). The van der Waals surface area contributed by atoms with Crippen LogP contribution in [0.25, 0.3) is 22.6 Å². The predicted octanol–water partition coefficient (Wildman–Crippen LogP) is 2.62. The third-order valence-electron chi connectivity index (χ3n) is 4.90. The number of rotatable bonds is 3. The highest BCUT2D eigenvalue weighted by Crippen LogP contribution is 2.31. The van der Waals surface area contributed by atoms with E-state index in [4.69, 9.17) is 4.74 Å². The number of nitrogens with zero attached hydrogens (tertiary/aromatic N) is 3. The Hall–Kier alpha value is -2.67. The second-order valence-corrected chi connectivity index (χ2v) is 6.45. The number of nitrogens with one attached hydrogen (secondary N) is 1. The normalized spacial score (nSPS) is 20.8. The molecule has 0 unspecified atom stereocenters. The molecule has 25 heavy (non-hydrogen) atoms. The summed E-state index contributed by atoms with van der Waals surface area (Å²) in [7, 11) is 1.73. The molecule has 2 aromatic heterocycles. The molecule has 2 N–H and O–H groups in total. The highest BCUT2D eigenvalue weighted by molar-refractivity contribution is 5.73. The van der Waals surface area contributed by atoms with Crippen molar-refractivity contribution in [1.29, 1.82) is 0 Å². The molecule has 1 aromatic carbocycles. The standard InChI is InChI=1S/C18H20N4O3/c1-25-14-7-5-12(6-8-14)22-17-15(20-18(22)24)10-19-16(21-17)11-3-2-4-13(23)9-11/h2-4,9-10,12,14,23H,5-8H2,1H3,(H,20,24). The molecule has 1 aliphatic carbocycles. The first-order valence-corrected chi connectivity index (χ1v) is 8.45. The quantitative estimate of drug-likeness (QED) is 0.764. The van der Waals surface area contributed by atoms with Crippen molar-refractivity contribution in [2.45, 2.75) is 37.8 Å².